The molecule has 0 aliphatic carbocycles. The molecule has 19 heavy (non-hydrogen) atoms. The van der Waals surface area contributed by atoms with Crippen LogP contribution >= 0.6 is 0 Å². The van der Waals surface area contributed by atoms with Gasteiger partial charge in [0.15, 0.2) is 0 Å². The molecule has 100 valence electrons. The third kappa shape index (κ3) is 2.43. The summed E-state index contributed by atoms with van der Waals surface area (Å²) in [6.07, 6.45) is 2.80. The molecule has 2 atom stereocenters. The zero-order valence-corrected chi connectivity index (χ0v) is 11.1. The van der Waals surface area contributed by atoms with E-state index in [0.29, 0.717) is 18.3 Å². The van der Waals surface area contributed by atoms with E-state index in [-0.39, 0.29) is 5.56 Å². The number of pyridine rings is 1. The van der Waals surface area contributed by atoms with Gasteiger partial charge in [-0.25, -0.2) is 0 Å². The van der Waals surface area contributed by atoms with E-state index >= 15 is 0 Å². The highest BCUT2D eigenvalue weighted by Gasteiger charge is 2.33. The molecule has 0 spiro atoms. The minimum absolute atomic E-state index is 0.144. The lowest BCUT2D eigenvalue weighted by Gasteiger charge is -2.42. The second-order valence-electron chi connectivity index (χ2n) is 5.72. The molecule has 2 aliphatic heterocycles. The van der Waals surface area contributed by atoms with Crippen molar-refractivity contribution in [3.05, 3.63) is 34.2 Å². The molecule has 2 aliphatic rings. The van der Waals surface area contributed by atoms with Crippen molar-refractivity contribution in [1.29, 1.82) is 5.26 Å². The van der Waals surface area contributed by atoms with Gasteiger partial charge in [0, 0.05) is 43.7 Å². The minimum atomic E-state index is 0.144. The molecule has 1 aromatic heterocycles. The summed E-state index contributed by atoms with van der Waals surface area (Å²) in [5.74, 6) is 1.08. The van der Waals surface area contributed by atoms with Crippen LogP contribution in [0.15, 0.2) is 23.0 Å². The summed E-state index contributed by atoms with van der Waals surface area (Å²) in [4.78, 5) is 14.4. The molecule has 0 radical (unpaired) electrons. The number of rotatable bonds is 3. The fourth-order valence-electron chi connectivity index (χ4n) is 3.56. The average molecular weight is 257 g/mol. The van der Waals surface area contributed by atoms with Crippen LogP contribution in [0.25, 0.3) is 0 Å². The standard InChI is InChI=1S/C15H19N3O/c16-6-1-2-7-17-9-12-8-13(11-17)14-4-3-5-15(19)18(14)10-12/h3-5,12-13H,1-2,7-11H2/t12-,13+/m1/s1. The topological polar surface area (TPSA) is 49.0 Å². The molecule has 4 heteroatoms. The molecule has 0 unspecified atom stereocenters. The number of aromatic nitrogens is 1. The molecule has 1 aromatic rings. The Labute approximate surface area is 113 Å². The maximum absolute atomic E-state index is 11.9. The number of unbranched alkanes of at least 4 members (excludes halogenated alkanes) is 1. The van der Waals surface area contributed by atoms with Crippen LogP contribution in [-0.2, 0) is 6.54 Å². The Morgan fingerprint density at radius 2 is 2.21 bits per heavy atom. The van der Waals surface area contributed by atoms with Crippen molar-refractivity contribution in [3.63, 3.8) is 0 Å². The third-order valence-electron chi connectivity index (χ3n) is 4.32. The van der Waals surface area contributed by atoms with E-state index in [1.165, 1.54) is 12.1 Å². The molecule has 3 heterocycles. The molecular weight excluding hydrogens is 238 g/mol. The quantitative estimate of drug-likeness (QED) is 0.772. The number of piperidine rings is 1. The third-order valence-corrected chi connectivity index (χ3v) is 4.32. The van der Waals surface area contributed by atoms with E-state index in [2.05, 4.69) is 17.0 Å². The highest BCUT2D eigenvalue weighted by molar-refractivity contribution is 5.16. The summed E-state index contributed by atoms with van der Waals surface area (Å²) < 4.78 is 1.96. The lowest BCUT2D eigenvalue weighted by Crippen LogP contribution is -2.47. The van der Waals surface area contributed by atoms with Gasteiger partial charge < -0.3 is 9.47 Å². The Balaban J connectivity index is 1.77. The van der Waals surface area contributed by atoms with E-state index in [4.69, 9.17) is 5.26 Å². The predicted octanol–water partition coefficient (Wildman–Crippen LogP) is 1.57. The molecule has 0 aromatic carbocycles. The molecule has 2 bridgehead atoms. The summed E-state index contributed by atoms with van der Waals surface area (Å²) in [6.45, 7) is 3.98. The largest absolute Gasteiger partial charge is 0.312 e. The Hall–Kier alpha value is -1.60. The molecule has 1 saturated heterocycles. The van der Waals surface area contributed by atoms with Gasteiger partial charge in [0.05, 0.1) is 6.07 Å². The predicted molar refractivity (Wildman–Crippen MR) is 72.8 cm³/mol. The summed E-state index contributed by atoms with van der Waals surface area (Å²) >= 11 is 0. The first-order valence-corrected chi connectivity index (χ1v) is 7.07. The lowest BCUT2D eigenvalue weighted by molar-refractivity contribution is 0.119. The van der Waals surface area contributed by atoms with Gasteiger partial charge in [-0.3, -0.25) is 4.79 Å². The van der Waals surface area contributed by atoms with Crippen LogP contribution < -0.4 is 5.56 Å². The average Bonchev–Trinajstić information content (AvgIpc) is 2.40. The van der Waals surface area contributed by atoms with Crippen molar-refractivity contribution in [2.24, 2.45) is 5.92 Å². The smallest absolute Gasteiger partial charge is 0.250 e. The number of nitriles is 1. The maximum atomic E-state index is 11.9. The van der Waals surface area contributed by atoms with Crippen LogP contribution in [0.2, 0.25) is 0 Å². The molecule has 0 amide bonds. The number of nitrogens with zero attached hydrogens (tertiary/aromatic N) is 3. The minimum Gasteiger partial charge on any atom is -0.312 e. The maximum Gasteiger partial charge on any atom is 0.250 e. The van der Waals surface area contributed by atoms with Gasteiger partial charge in [0.1, 0.15) is 0 Å². The Morgan fingerprint density at radius 1 is 1.32 bits per heavy atom. The van der Waals surface area contributed by atoms with Crippen molar-refractivity contribution in [2.45, 2.75) is 31.7 Å². The Morgan fingerprint density at radius 3 is 3.05 bits per heavy atom. The van der Waals surface area contributed by atoms with Gasteiger partial charge in [-0.2, -0.15) is 5.26 Å². The monoisotopic (exact) mass is 257 g/mol. The van der Waals surface area contributed by atoms with E-state index in [9.17, 15) is 4.79 Å². The molecule has 1 fully saturated rings. The second kappa shape index (κ2) is 5.18. The fraction of sp³-hybridized carbons (Fsp3) is 0.600. The molecule has 4 nitrogen and oxygen atoms in total. The van der Waals surface area contributed by atoms with Crippen molar-refractivity contribution in [2.75, 3.05) is 19.6 Å². The summed E-state index contributed by atoms with van der Waals surface area (Å²) in [7, 11) is 0. The van der Waals surface area contributed by atoms with Crippen molar-refractivity contribution < 1.29 is 0 Å². The molecular formula is C15H19N3O. The van der Waals surface area contributed by atoms with Crippen LogP contribution in [0.4, 0.5) is 0 Å². The number of likely N-dealkylation sites (tertiary alicyclic amines) is 1. The first-order valence-electron chi connectivity index (χ1n) is 7.07. The summed E-state index contributed by atoms with van der Waals surface area (Å²) in [6, 6.07) is 7.85. The van der Waals surface area contributed by atoms with Gasteiger partial charge in [-0.1, -0.05) is 6.07 Å². The van der Waals surface area contributed by atoms with E-state index in [1.807, 2.05) is 10.6 Å². The van der Waals surface area contributed by atoms with Crippen LogP contribution in [0.5, 0.6) is 0 Å². The van der Waals surface area contributed by atoms with E-state index in [1.54, 1.807) is 6.07 Å². The second-order valence-corrected chi connectivity index (χ2v) is 5.72. The normalized spacial score (nSPS) is 25.6. The van der Waals surface area contributed by atoms with Crippen LogP contribution in [0.3, 0.4) is 0 Å². The van der Waals surface area contributed by atoms with Crippen molar-refractivity contribution >= 4 is 0 Å². The van der Waals surface area contributed by atoms with Crippen LogP contribution in [0.1, 0.15) is 30.9 Å². The van der Waals surface area contributed by atoms with Gasteiger partial charge >= 0.3 is 0 Å². The summed E-state index contributed by atoms with van der Waals surface area (Å²) in [5, 5.41) is 8.61. The first kappa shape index (κ1) is 12.4. The van der Waals surface area contributed by atoms with Crippen LogP contribution in [0, 0.1) is 17.2 Å². The molecule has 0 N–H and O–H groups in total. The fourth-order valence-corrected chi connectivity index (χ4v) is 3.56. The van der Waals surface area contributed by atoms with Crippen molar-refractivity contribution in [1.82, 2.24) is 9.47 Å². The van der Waals surface area contributed by atoms with Gasteiger partial charge in [-0.05, 0) is 31.4 Å². The van der Waals surface area contributed by atoms with Crippen LogP contribution in [-0.4, -0.2) is 29.1 Å². The Bertz CT molecular complexity index is 557. The number of fused-ring (bicyclic) bond motifs is 4. The lowest BCUT2D eigenvalue weighted by atomic mass is 9.83. The highest BCUT2D eigenvalue weighted by Crippen LogP contribution is 2.34. The SMILES string of the molecule is N#CCCCN1C[C@H]2C[C@@H](C1)c1cccc(=O)n1C2. The van der Waals surface area contributed by atoms with Gasteiger partial charge in [-0.15, -0.1) is 0 Å². The van der Waals surface area contributed by atoms with Gasteiger partial charge in [0.2, 0.25) is 0 Å². The van der Waals surface area contributed by atoms with Crippen molar-refractivity contribution in [3.8, 4) is 6.07 Å². The van der Waals surface area contributed by atoms with E-state index in [0.717, 1.165) is 32.6 Å². The Kier molecular flexibility index (Phi) is 3.39. The van der Waals surface area contributed by atoms with E-state index < -0.39 is 0 Å². The number of hydrogen-bond acceptors (Lipinski definition) is 3. The molecule has 0 saturated carbocycles. The zero-order valence-electron chi connectivity index (χ0n) is 11.1. The van der Waals surface area contributed by atoms with Gasteiger partial charge in [0.25, 0.3) is 5.56 Å². The molecule has 3 rings (SSSR count). The first-order chi connectivity index (χ1) is 9.28. The highest BCUT2D eigenvalue weighted by atomic mass is 16.1. The number of hydrogen-bond donors (Lipinski definition) is 0. The zero-order chi connectivity index (χ0) is 13.2. The summed E-state index contributed by atoms with van der Waals surface area (Å²) in [5.41, 5.74) is 1.35.